The second-order valence-electron chi connectivity index (χ2n) is 5.63. The fraction of sp³-hybridized carbons (Fsp3) is 0.368. The third-order valence-corrected chi connectivity index (χ3v) is 4.05. The zero-order valence-corrected chi connectivity index (χ0v) is 12.8. The van der Waals surface area contributed by atoms with E-state index in [2.05, 4.69) is 80.7 Å². The van der Waals surface area contributed by atoms with Crippen molar-refractivity contribution in [3.8, 4) is 0 Å². The first kappa shape index (κ1) is 14.8. The van der Waals surface area contributed by atoms with Crippen LogP contribution in [-0.4, -0.2) is 6.54 Å². The summed E-state index contributed by atoms with van der Waals surface area (Å²) in [6.45, 7) is 7.77. The third-order valence-electron chi connectivity index (χ3n) is 4.05. The smallest absolute Gasteiger partial charge is 0.0294 e. The highest BCUT2D eigenvalue weighted by atomic mass is 14.9. The first-order valence-electron chi connectivity index (χ1n) is 7.52. The van der Waals surface area contributed by atoms with Crippen molar-refractivity contribution >= 4 is 0 Å². The summed E-state index contributed by atoms with van der Waals surface area (Å²) >= 11 is 0. The first-order valence-corrected chi connectivity index (χ1v) is 7.52. The highest BCUT2D eigenvalue weighted by Crippen LogP contribution is 2.20. The predicted molar refractivity (Wildman–Crippen MR) is 87.1 cm³/mol. The van der Waals surface area contributed by atoms with E-state index < -0.39 is 0 Å². The normalized spacial score (nSPS) is 13.9. The Morgan fingerprint density at radius 2 is 1.55 bits per heavy atom. The van der Waals surface area contributed by atoms with Crippen molar-refractivity contribution in [1.29, 1.82) is 0 Å². The van der Waals surface area contributed by atoms with Crippen molar-refractivity contribution in [2.45, 2.75) is 39.2 Å². The molecule has 0 aliphatic heterocycles. The number of aryl methyl sites for hydroxylation is 1. The summed E-state index contributed by atoms with van der Waals surface area (Å²) in [6.07, 6.45) is 1.17. The van der Waals surface area contributed by atoms with Crippen LogP contribution in [0, 0.1) is 6.92 Å². The minimum absolute atomic E-state index is 0.416. The molecule has 1 N–H and O–H groups in total. The zero-order valence-electron chi connectivity index (χ0n) is 12.8. The zero-order chi connectivity index (χ0) is 14.4. The van der Waals surface area contributed by atoms with Crippen LogP contribution >= 0.6 is 0 Å². The van der Waals surface area contributed by atoms with Crippen molar-refractivity contribution in [3.05, 3.63) is 71.3 Å². The van der Waals surface area contributed by atoms with E-state index in [9.17, 15) is 0 Å². The summed E-state index contributed by atoms with van der Waals surface area (Å²) in [5.74, 6) is 0.604. The van der Waals surface area contributed by atoms with Crippen LogP contribution < -0.4 is 5.32 Å². The van der Waals surface area contributed by atoms with Crippen LogP contribution in [0.1, 0.15) is 48.9 Å². The molecule has 2 aromatic rings. The molecule has 0 saturated heterocycles. The monoisotopic (exact) mass is 267 g/mol. The van der Waals surface area contributed by atoms with Gasteiger partial charge in [-0.15, -0.1) is 0 Å². The van der Waals surface area contributed by atoms with Gasteiger partial charge in [0, 0.05) is 6.04 Å². The summed E-state index contributed by atoms with van der Waals surface area (Å²) < 4.78 is 0. The van der Waals surface area contributed by atoms with E-state index in [4.69, 9.17) is 0 Å². The molecule has 0 bridgehead atoms. The molecule has 20 heavy (non-hydrogen) atoms. The Balaban J connectivity index is 1.83. The molecule has 0 aliphatic carbocycles. The van der Waals surface area contributed by atoms with E-state index in [1.54, 1.807) is 0 Å². The Morgan fingerprint density at radius 1 is 0.900 bits per heavy atom. The molecule has 0 saturated carbocycles. The quantitative estimate of drug-likeness (QED) is 0.789. The Hall–Kier alpha value is -1.60. The topological polar surface area (TPSA) is 12.0 Å². The van der Waals surface area contributed by atoms with E-state index in [1.807, 2.05) is 0 Å². The van der Waals surface area contributed by atoms with Crippen molar-refractivity contribution < 1.29 is 0 Å². The first-order chi connectivity index (χ1) is 9.68. The summed E-state index contributed by atoms with van der Waals surface area (Å²) in [5, 5.41) is 3.64. The average Bonchev–Trinajstić information content (AvgIpc) is 2.48. The van der Waals surface area contributed by atoms with E-state index in [0.717, 1.165) is 6.54 Å². The lowest BCUT2D eigenvalue weighted by Gasteiger charge is -2.18. The van der Waals surface area contributed by atoms with Crippen LogP contribution in [0.15, 0.2) is 54.6 Å². The Bertz CT molecular complexity index is 518. The number of rotatable bonds is 6. The Kier molecular flexibility index (Phi) is 5.37. The minimum Gasteiger partial charge on any atom is -0.310 e. The lowest BCUT2D eigenvalue weighted by Crippen LogP contribution is -2.21. The number of hydrogen-bond acceptors (Lipinski definition) is 1. The van der Waals surface area contributed by atoms with Crippen LogP contribution in [0.3, 0.4) is 0 Å². The van der Waals surface area contributed by atoms with Gasteiger partial charge in [-0.25, -0.2) is 0 Å². The van der Waals surface area contributed by atoms with Crippen molar-refractivity contribution in [2.75, 3.05) is 6.54 Å². The SMILES string of the molecule is Cc1ccccc1C(C)NCCC(C)c1ccccc1. The largest absolute Gasteiger partial charge is 0.310 e. The van der Waals surface area contributed by atoms with Crippen LogP contribution in [0.2, 0.25) is 0 Å². The molecule has 2 unspecified atom stereocenters. The summed E-state index contributed by atoms with van der Waals surface area (Å²) in [5.41, 5.74) is 4.20. The minimum atomic E-state index is 0.416. The molecule has 1 heteroatoms. The molecule has 0 aromatic heterocycles. The Morgan fingerprint density at radius 3 is 2.25 bits per heavy atom. The molecule has 0 aliphatic rings. The number of benzene rings is 2. The lowest BCUT2D eigenvalue weighted by molar-refractivity contribution is 0.530. The van der Waals surface area contributed by atoms with Crippen LogP contribution in [0.25, 0.3) is 0 Å². The van der Waals surface area contributed by atoms with E-state index in [1.165, 1.54) is 23.1 Å². The molecule has 2 atom stereocenters. The molecule has 0 amide bonds. The average molecular weight is 267 g/mol. The standard InChI is InChI=1S/C19H25N/c1-15(18-10-5-4-6-11-18)13-14-20-17(3)19-12-8-7-9-16(19)2/h4-12,15,17,20H,13-14H2,1-3H3. The molecular formula is C19H25N. The molecular weight excluding hydrogens is 242 g/mol. The third kappa shape index (κ3) is 3.94. The molecule has 0 heterocycles. The maximum atomic E-state index is 3.64. The maximum absolute atomic E-state index is 3.64. The van der Waals surface area contributed by atoms with E-state index in [-0.39, 0.29) is 0 Å². The van der Waals surface area contributed by atoms with Gasteiger partial charge < -0.3 is 5.32 Å². The number of nitrogens with one attached hydrogen (secondary N) is 1. The van der Waals surface area contributed by atoms with Gasteiger partial charge in [0.2, 0.25) is 0 Å². The molecule has 0 radical (unpaired) electrons. The molecule has 1 nitrogen and oxygen atoms in total. The number of hydrogen-bond donors (Lipinski definition) is 1. The fourth-order valence-corrected chi connectivity index (χ4v) is 2.65. The summed E-state index contributed by atoms with van der Waals surface area (Å²) in [6, 6.07) is 19.8. The lowest BCUT2D eigenvalue weighted by atomic mass is 9.97. The van der Waals surface area contributed by atoms with Gasteiger partial charge in [0.25, 0.3) is 0 Å². The summed E-state index contributed by atoms with van der Waals surface area (Å²) in [4.78, 5) is 0. The van der Waals surface area contributed by atoms with E-state index in [0.29, 0.717) is 12.0 Å². The summed E-state index contributed by atoms with van der Waals surface area (Å²) in [7, 11) is 0. The van der Waals surface area contributed by atoms with Crippen LogP contribution in [-0.2, 0) is 0 Å². The van der Waals surface area contributed by atoms with Crippen LogP contribution in [0.4, 0.5) is 0 Å². The van der Waals surface area contributed by atoms with Gasteiger partial charge >= 0.3 is 0 Å². The molecule has 0 fully saturated rings. The highest BCUT2D eigenvalue weighted by molar-refractivity contribution is 5.28. The predicted octanol–water partition coefficient (Wildman–Crippen LogP) is 4.84. The van der Waals surface area contributed by atoms with Crippen LogP contribution in [0.5, 0.6) is 0 Å². The second kappa shape index (κ2) is 7.25. The van der Waals surface area contributed by atoms with E-state index >= 15 is 0 Å². The van der Waals surface area contributed by atoms with Crippen molar-refractivity contribution in [3.63, 3.8) is 0 Å². The molecule has 0 spiro atoms. The van der Waals surface area contributed by atoms with Crippen molar-refractivity contribution in [2.24, 2.45) is 0 Å². The van der Waals surface area contributed by atoms with Gasteiger partial charge in [-0.05, 0) is 49.4 Å². The van der Waals surface area contributed by atoms with Gasteiger partial charge in [-0.3, -0.25) is 0 Å². The maximum Gasteiger partial charge on any atom is 0.0294 e. The Labute approximate surface area is 123 Å². The van der Waals surface area contributed by atoms with Crippen molar-refractivity contribution in [1.82, 2.24) is 5.32 Å². The molecule has 2 aromatic carbocycles. The molecule has 106 valence electrons. The molecule has 2 rings (SSSR count). The highest BCUT2D eigenvalue weighted by Gasteiger charge is 2.09. The second-order valence-corrected chi connectivity index (χ2v) is 5.63. The van der Waals surface area contributed by atoms with Gasteiger partial charge in [0.1, 0.15) is 0 Å². The van der Waals surface area contributed by atoms with Gasteiger partial charge in [0.15, 0.2) is 0 Å². The van der Waals surface area contributed by atoms with Gasteiger partial charge in [-0.2, -0.15) is 0 Å². The van der Waals surface area contributed by atoms with Gasteiger partial charge in [-0.1, -0.05) is 61.5 Å². The van der Waals surface area contributed by atoms with Gasteiger partial charge in [0.05, 0.1) is 0 Å². The fourth-order valence-electron chi connectivity index (χ4n) is 2.65.